The van der Waals surface area contributed by atoms with Crippen molar-refractivity contribution in [1.82, 2.24) is 10.2 Å². The van der Waals surface area contributed by atoms with Gasteiger partial charge in [0.05, 0.1) is 27.4 Å². The molecule has 1 fully saturated rings. The van der Waals surface area contributed by atoms with E-state index in [9.17, 15) is 4.79 Å². The van der Waals surface area contributed by atoms with Crippen LogP contribution in [-0.4, -0.2) is 51.3 Å². The number of hydrogen-bond donors (Lipinski definition) is 1. The molecule has 1 heterocycles. The summed E-state index contributed by atoms with van der Waals surface area (Å²) in [4.78, 5) is 14.7. The van der Waals surface area contributed by atoms with Crippen LogP contribution in [-0.2, 0) is 29.0 Å². The minimum Gasteiger partial charge on any atom is -0.497 e. The molecule has 0 aliphatic carbocycles. The van der Waals surface area contributed by atoms with Crippen LogP contribution in [0.5, 0.6) is 11.5 Å². The van der Waals surface area contributed by atoms with Gasteiger partial charge in [-0.05, 0) is 41.3 Å². The summed E-state index contributed by atoms with van der Waals surface area (Å²) < 4.78 is 16.0. The van der Waals surface area contributed by atoms with Crippen molar-refractivity contribution >= 4 is 5.91 Å². The third-order valence-electron chi connectivity index (χ3n) is 5.13. The molecule has 1 N–H and O–H groups in total. The molecule has 6 nitrogen and oxygen atoms in total. The summed E-state index contributed by atoms with van der Waals surface area (Å²) in [7, 11) is 3.26. The van der Waals surface area contributed by atoms with Gasteiger partial charge in [0.25, 0.3) is 0 Å². The first-order valence-corrected chi connectivity index (χ1v) is 10.0. The SMILES string of the molecule is COc1ccc(OC)c(CCC(=O)NCc2ccc(CN3CCOCC3)cc2)c1. The maximum absolute atomic E-state index is 12.3. The van der Waals surface area contributed by atoms with Crippen molar-refractivity contribution in [2.24, 2.45) is 0 Å². The summed E-state index contributed by atoms with van der Waals surface area (Å²) in [5, 5.41) is 3.00. The van der Waals surface area contributed by atoms with E-state index in [4.69, 9.17) is 14.2 Å². The second kappa shape index (κ2) is 10.8. The molecule has 1 aliphatic rings. The molecule has 156 valence electrons. The molecule has 0 aromatic heterocycles. The Morgan fingerprint density at radius 2 is 1.76 bits per heavy atom. The topological polar surface area (TPSA) is 60.0 Å². The Morgan fingerprint density at radius 3 is 2.45 bits per heavy atom. The highest BCUT2D eigenvalue weighted by Gasteiger charge is 2.11. The molecule has 0 atom stereocenters. The Balaban J connectivity index is 1.44. The molecule has 0 radical (unpaired) electrons. The first kappa shape index (κ1) is 21.1. The number of benzene rings is 2. The Morgan fingerprint density at radius 1 is 1.03 bits per heavy atom. The number of morpholine rings is 1. The number of aryl methyl sites for hydroxylation is 1. The van der Waals surface area contributed by atoms with E-state index in [1.165, 1.54) is 5.56 Å². The zero-order valence-corrected chi connectivity index (χ0v) is 17.3. The fraction of sp³-hybridized carbons (Fsp3) is 0.435. The molecule has 2 aromatic carbocycles. The molecule has 1 saturated heterocycles. The van der Waals surface area contributed by atoms with Crippen LogP contribution < -0.4 is 14.8 Å². The lowest BCUT2D eigenvalue weighted by atomic mass is 10.1. The van der Waals surface area contributed by atoms with Crippen molar-refractivity contribution in [3.05, 3.63) is 59.2 Å². The molecule has 3 rings (SSSR count). The zero-order valence-electron chi connectivity index (χ0n) is 17.3. The average molecular weight is 399 g/mol. The van der Waals surface area contributed by atoms with Crippen LogP contribution in [0.4, 0.5) is 0 Å². The third kappa shape index (κ3) is 6.48. The van der Waals surface area contributed by atoms with Crippen molar-refractivity contribution in [3.63, 3.8) is 0 Å². The van der Waals surface area contributed by atoms with Crippen LogP contribution in [0.25, 0.3) is 0 Å². The summed E-state index contributed by atoms with van der Waals surface area (Å²) in [6, 6.07) is 14.1. The van der Waals surface area contributed by atoms with E-state index in [0.29, 0.717) is 19.4 Å². The van der Waals surface area contributed by atoms with Gasteiger partial charge in [0.15, 0.2) is 0 Å². The van der Waals surface area contributed by atoms with Gasteiger partial charge in [-0.3, -0.25) is 9.69 Å². The molecule has 2 aromatic rings. The minimum absolute atomic E-state index is 0.0206. The van der Waals surface area contributed by atoms with Gasteiger partial charge in [0.1, 0.15) is 11.5 Å². The maximum atomic E-state index is 12.3. The van der Waals surface area contributed by atoms with Gasteiger partial charge in [0.2, 0.25) is 5.91 Å². The molecular formula is C23H30N2O4. The smallest absolute Gasteiger partial charge is 0.220 e. The van der Waals surface area contributed by atoms with Crippen molar-refractivity contribution in [2.75, 3.05) is 40.5 Å². The van der Waals surface area contributed by atoms with E-state index >= 15 is 0 Å². The predicted octanol–water partition coefficient (Wildman–Crippen LogP) is 2.79. The number of rotatable bonds is 9. The number of methoxy groups -OCH3 is 2. The Kier molecular flexibility index (Phi) is 7.90. The Hall–Kier alpha value is -2.57. The van der Waals surface area contributed by atoms with Crippen molar-refractivity contribution in [2.45, 2.75) is 25.9 Å². The minimum atomic E-state index is 0.0206. The lowest BCUT2D eigenvalue weighted by molar-refractivity contribution is -0.121. The van der Waals surface area contributed by atoms with Gasteiger partial charge in [-0.1, -0.05) is 24.3 Å². The van der Waals surface area contributed by atoms with Crippen LogP contribution in [0.2, 0.25) is 0 Å². The van der Waals surface area contributed by atoms with E-state index in [1.54, 1.807) is 14.2 Å². The first-order valence-electron chi connectivity index (χ1n) is 10.0. The highest BCUT2D eigenvalue weighted by molar-refractivity contribution is 5.76. The summed E-state index contributed by atoms with van der Waals surface area (Å²) in [5.74, 6) is 1.56. The monoisotopic (exact) mass is 398 g/mol. The number of nitrogens with one attached hydrogen (secondary N) is 1. The molecule has 0 saturated carbocycles. The quantitative estimate of drug-likeness (QED) is 0.704. The molecular weight excluding hydrogens is 368 g/mol. The van der Waals surface area contributed by atoms with E-state index in [2.05, 4.69) is 34.5 Å². The van der Waals surface area contributed by atoms with Gasteiger partial charge in [0, 0.05) is 32.6 Å². The lowest BCUT2D eigenvalue weighted by Crippen LogP contribution is -2.35. The van der Waals surface area contributed by atoms with Crippen LogP contribution >= 0.6 is 0 Å². The molecule has 0 spiro atoms. The number of carbonyl (C=O) groups is 1. The second-order valence-corrected chi connectivity index (χ2v) is 7.16. The number of hydrogen-bond acceptors (Lipinski definition) is 5. The van der Waals surface area contributed by atoms with Crippen molar-refractivity contribution < 1.29 is 19.0 Å². The van der Waals surface area contributed by atoms with Gasteiger partial charge in [-0.2, -0.15) is 0 Å². The van der Waals surface area contributed by atoms with Crippen LogP contribution in [0.1, 0.15) is 23.1 Å². The van der Waals surface area contributed by atoms with Crippen molar-refractivity contribution in [1.29, 1.82) is 0 Å². The summed E-state index contributed by atoms with van der Waals surface area (Å²) >= 11 is 0. The summed E-state index contributed by atoms with van der Waals surface area (Å²) in [6.45, 7) is 5.06. The van der Waals surface area contributed by atoms with Gasteiger partial charge < -0.3 is 19.5 Å². The molecule has 6 heteroatoms. The molecule has 1 aliphatic heterocycles. The fourth-order valence-electron chi connectivity index (χ4n) is 3.39. The normalized spacial score (nSPS) is 14.4. The highest BCUT2D eigenvalue weighted by Crippen LogP contribution is 2.25. The second-order valence-electron chi connectivity index (χ2n) is 7.16. The Bertz CT molecular complexity index is 786. The van der Waals surface area contributed by atoms with Crippen molar-refractivity contribution in [3.8, 4) is 11.5 Å². The van der Waals surface area contributed by atoms with Crippen LogP contribution in [0, 0.1) is 0 Å². The number of nitrogens with zero attached hydrogens (tertiary/aromatic N) is 1. The largest absolute Gasteiger partial charge is 0.497 e. The molecule has 29 heavy (non-hydrogen) atoms. The third-order valence-corrected chi connectivity index (χ3v) is 5.13. The number of ether oxygens (including phenoxy) is 3. The average Bonchev–Trinajstić information content (AvgIpc) is 2.77. The van der Waals surface area contributed by atoms with Gasteiger partial charge in [-0.25, -0.2) is 0 Å². The lowest BCUT2D eigenvalue weighted by Gasteiger charge is -2.26. The number of amides is 1. The zero-order chi connectivity index (χ0) is 20.5. The van der Waals surface area contributed by atoms with Crippen LogP contribution in [0.3, 0.4) is 0 Å². The molecule has 0 unspecified atom stereocenters. The van der Waals surface area contributed by atoms with E-state index in [0.717, 1.165) is 55.5 Å². The van der Waals surface area contributed by atoms with Gasteiger partial charge >= 0.3 is 0 Å². The molecule has 0 bridgehead atoms. The standard InChI is InChI=1S/C23H30N2O4/c1-27-21-8-9-22(28-2)20(15-21)7-10-23(26)24-16-18-3-5-19(6-4-18)17-25-11-13-29-14-12-25/h3-6,8-9,15H,7,10-14,16-17H2,1-2H3,(H,24,26). The van der Waals surface area contributed by atoms with E-state index in [1.807, 2.05) is 18.2 Å². The summed E-state index contributed by atoms with van der Waals surface area (Å²) in [5.41, 5.74) is 3.35. The van der Waals surface area contributed by atoms with E-state index < -0.39 is 0 Å². The highest BCUT2D eigenvalue weighted by atomic mass is 16.5. The van der Waals surface area contributed by atoms with Crippen LogP contribution in [0.15, 0.2) is 42.5 Å². The first-order chi connectivity index (χ1) is 14.2. The summed E-state index contributed by atoms with van der Waals surface area (Å²) in [6.07, 6.45) is 1.00. The van der Waals surface area contributed by atoms with E-state index in [-0.39, 0.29) is 5.91 Å². The van der Waals surface area contributed by atoms with Gasteiger partial charge in [-0.15, -0.1) is 0 Å². The Labute approximate surface area is 172 Å². The molecule has 1 amide bonds. The number of carbonyl (C=O) groups excluding carboxylic acids is 1. The predicted molar refractivity (Wildman–Crippen MR) is 112 cm³/mol. The maximum Gasteiger partial charge on any atom is 0.220 e. The fourth-order valence-corrected chi connectivity index (χ4v) is 3.39.